The number of amides is 1. The van der Waals surface area contributed by atoms with E-state index in [1.54, 1.807) is 19.2 Å². The number of benzene rings is 2. The van der Waals surface area contributed by atoms with Gasteiger partial charge in [0, 0.05) is 38.0 Å². The summed E-state index contributed by atoms with van der Waals surface area (Å²) >= 11 is 0. The minimum absolute atomic E-state index is 0.175. The van der Waals surface area contributed by atoms with Gasteiger partial charge < -0.3 is 15.4 Å². The van der Waals surface area contributed by atoms with Gasteiger partial charge in [-0.05, 0) is 54.8 Å². The normalized spacial score (nSPS) is 16.2. The summed E-state index contributed by atoms with van der Waals surface area (Å²) in [6.07, 6.45) is 4.02. The zero-order valence-electron chi connectivity index (χ0n) is 18.8. The van der Waals surface area contributed by atoms with Gasteiger partial charge in [-0.3, -0.25) is 9.69 Å². The number of primary amides is 1. The van der Waals surface area contributed by atoms with E-state index >= 15 is 0 Å². The van der Waals surface area contributed by atoms with Crippen LogP contribution in [0, 0.1) is 0 Å². The van der Waals surface area contributed by atoms with Gasteiger partial charge in [-0.2, -0.15) is 0 Å². The number of nitrogens with zero attached hydrogens (tertiary/aromatic N) is 4. The highest BCUT2D eigenvalue weighted by Crippen LogP contribution is 2.38. The molecule has 0 radical (unpaired) electrons. The predicted octanol–water partition coefficient (Wildman–Crippen LogP) is 3.65. The standard InChI is InChI=1S/C25H29N5O2/c1-29(2)25-27-15-21(18-9-11-19(12-10-18)24(26)31)23(28-25)22-8-5-13-30(22)16-17-6-4-7-20(14-17)32-3/h4,6-7,9-12,14-15,22H,5,8,13,16H2,1-3H3,(H2,26,31). The molecule has 0 bridgehead atoms. The average Bonchev–Trinajstić information content (AvgIpc) is 3.26. The molecule has 4 rings (SSSR count). The quantitative estimate of drug-likeness (QED) is 0.615. The van der Waals surface area contributed by atoms with Crippen LogP contribution in [-0.2, 0) is 6.54 Å². The number of likely N-dealkylation sites (tertiary alicyclic amines) is 1. The summed E-state index contributed by atoms with van der Waals surface area (Å²) in [6, 6.07) is 15.7. The van der Waals surface area contributed by atoms with Crippen LogP contribution in [0.25, 0.3) is 11.1 Å². The maximum atomic E-state index is 11.5. The van der Waals surface area contributed by atoms with Crippen molar-refractivity contribution >= 4 is 11.9 Å². The summed E-state index contributed by atoms with van der Waals surface area (Å²) in [5.74, 6) is 1.12. The molecule has 1 aromatic heterocycles. The van der Waals surface area contributed by atoms with Gasteiger partial charge in [0.2, 0.25) is 11.9 Å². The minimum Gasteiger partial charge on any atom is -0.497 e. The molecular weight excluding hydrogens is 402 g/mol. The van der Waals surface area contributed by atoms with E-state index in [1.165, 1.54) is 5.56 Å². The Hall–Kier alpha value is -3.45. The molecule has 1 unspecified atom stereocenters. The van der Waals surface area contributed by atoms with Gasteiger partial charge in [0.1, 0.15) is 5.75 Å². The molecule has 0 spiro atoms. The number of ether oxygens (including phenoxy) is 1. The van der Waals surface area contributed by atoms with Crippen LogP contribution in [-0.4, -0.2) is 48.5 Å². The number of methoxy groups -OCH3 is 1. The van der Waals surface area contributed by atoms with E-state index in [-0.39, 0.29) is 6.04 Å². The number of anilines is 1. The molecule has 7 nitrogen and oxygen atoms in total. The van der Waals surface area contributed by atoms with Crippen molar-refractivity contribution in [2.24, 2.45) is 5.73 Å². The summed E-state index contributed by atoms with van der Waals surface area (Å²) in [5.41, 5.74) is 10.1. The van der Waals surface area contributed by atoms with Crippen LogP contribution >= 0.6 is 0 Å². The number of aromatic nitrogens is 2. The zero-order valence-corrected chi connectivity index (χ0v) is 18.8. The third-order valence-electron chi connectivity index (χ3n) is 5.89. The Labute approximate surface area is 188 Å². The minimum atomic E-state index is -0.434. The van der Waals surface area contributed by atoms with Crippen LogP contribution in [0.1, 0.15) is 40.5 Å². The lowest BCUT2D eigenvalue weighted by Gasteiger charge is -2.27. The van der Waals surface area contributed by atoms with Gasteiger partial charge >= 0.3 is 0 Å². The van der Waals surface area contributed by atoms with Crippen LogP contribution in [0.5, 0.6) is 5.75 Å². The molecule has 3 aromatic rings. The van der Waals surface area contributed by atoms with Gasteiger partial charge in [-0.15, -0.1) is 0 Å². The molecule has 1 fully saturated rings. The smallest absolute Gasteiger partial charge is 0.248 e. The van der Waals surface area contributed by atoms with Crippen molar-refractivity contribution in [2.45, 2.75) is 25.4 Å². The monoisotopic (exact) mass is 431 g/mol. The van der Waals surface area contributed by atoms with E-state index in [9.17, 15) is 4.79 Å². The highest BCUT2D eigenvalue weighted by molar-refractivity contribution is 5.93. The molecule has 32 heavy (non-hydrogen) atoms. The fourth-order valence-corrected chi connectivity index (χ4v) is 4.22. The van der Waals surface area contributed by atoms with Crippen molar-refractivity contribution < 1.29 is 9.53 Å². The first-order valence-corrected chi connectivity index (χ1v) is 10.8. The molecule has 1 saturated heterocycles. The Morgan fingerprint density at radius 2 is 2.00 bits per heavy atom. The topological polar surface area (TPSA) is 84.6 Å². The van der Waals surface area contributed by atoms with Crippen molar-refractivity contribution in [3.8, 4) is 16.9 Å². The molecule has 0 saturated carbocycles. The summed E-state index contributed by atoms with van der Waals surface area (Å²) in [7, 11) is 5.59. The molecule has 2 N–H and O–H groups in total. The largest absolute Gasteiger partial charge is 0.497 e. The summed E-state index contributed by atoms with van der Waals surface area (Å²) < 4.78 is 5.40. The predicted molar refractivity (Wildman–Crippen MR) is 126 cm³/mol. The maximum absolute atomic E-state index is 11.5. The van der Waals surface area contributed by atoms with Crippen molar-refractivity contribution in [3.05, 3.63) is 71.5 Å². The van der Waals surface area contributed by atoms with E-state index in [4.69, 9.17) is 15.5 Å². The molecule has 7 heteroatoms. The lowest BCUT2D eigenvalue weighted by atomic mass is 9.98. The van der Waals surface area contributed by atoms with Gasteiger partial charge in [0.15, 0.2) is 0 Å². The number of rotatable bonds is 7. The summed E-state index contributed by atoms with van der Waals surface area (Å²) in [5, 5.41) is 0. The molecule has 2 aromatic carbocycles. The van der Waals surface area contributed by atoms with Crippen LogP contribution in [0.15, 0.2) is 54.7 Å². The molecular formula is C25H29N5O2. The number of hydrogen-bond donors (Lipinski definition) is 1. The average molecular weight is 432 g/mol. The molecule has 0 aliphatic carbocycles. The molecule has 2 heterocycles. The van der Waals surface area contributed by atoms with E-state index in [0.717, 1.165) is 48.5 Å². The second-order valence-corrected chi connectivity index (χ2v) is 8.28. The van der Waals surface area contributed by atoms with E-state index in [0.29, 0.717) is 11.5 Å². The highest BCUT2D eigenvalue weighted by Gasteiger charge is 2.30. The Balaban J connectivity index is 1.71. The fourth-order valence-electron chi connectivity index (χ4n) is 4.22. The van der Waals surface area contributed by atoms with E-state index in [2.05, 4.69) is 22.0 Å². The van der Waals surface area contributed by atoms with Crippen LogP contribution in [0.2, 0.25) is 0 Å². The Kier molecular flexibility index (Phi) is 6.37. The molecule has 1 aliphatic heterocycles. The van der Waals surface area contributed by atoms with Crippen LogP contribution in [0.4, 0.5) is 5.95 Å². The number of hydrogen-bond acceptors (Lipinski definition) is 6. The first kappa shape index (κ1) is 21.8. The second kappa shape index (κ2) is 9.36. The first-order valence-electron chi connectivity index (χ1n) is 10.8. The van der Waals surface area contributed by atoms with Crippen molar-refractivity contribution in [1.82, 2.24) is 14.9 Å². The van der Waals surface area contributed by atoms with Gasteiger partial charge in [0.05, 0.1) is 18.8 Å². The third-order valence-corrected chi connectivity index (χ3v) is 5.89. The Morgan fingerprint density at radius 1 is 1.22 bits per heavy atom. The number of carbonyl (C=O) groups excluding carboxylic acids is 1. The Morgan fingerprint density at radius 3 is 2.69 bits per heavy atom. The van der Waals surface area contributed by atoms with Gasteiger partial charge in [-0.25, -0.2) is 9.97 Å². The molecule has 166 valence electrons. The number of nitrogens with two attached hydrogens (primary N) is 1. The first-order chi connectivity index (χ1) is 15.5. The van der Waals surface area contributed by atoms with Crippen LogP contribution < -0.4 is 15.4 Å². The fraction of sp³-hybridized carbons (Fsp3) is 0.320. The van der Waals surface area contributed by atoms with Crippen molar-refractivity contribution in [3.63, 3.8) is 0 Å². The maximum Gasteiger partial charge on any atom is 0.248 e. The van der Waals surface area contributed by atoms with Gasteiger partial charge in [-0.1, -0.05) is 24.3 Å². The summed E-state index contributed by atoms with van der Waals surface area (Å²) in [4.78, 5) is 25.4. The summed E-state index contributed by atoms with van der Waals surface area (Å²) in [6.45, 7) is 1.83. The Bertz CT molecular complexity index is 1100. The van der Waals surface area contributed by atoms with E-state index < -0.39 is 5.91 Å². The van der Waals surface area contributed by atoms with Gasteiger partial charge in [0.25, 0.3) is 0 Å². The van der Waals surface area contributed by atoms with Crippen molar-refractivity contribution in [1.29, 1.82) is 0 Å². The van der Waals surface area contributed by atoms with Crippen molar-refractivity contribution in [2.75, 3.05) is 32.6 Å². The highest BCUT2D eigenvalue weighted by atomic mass is 16.5. The SMILES string of the molecule is COc1cccc(CN2CCCC2c2nc(N(C)C)ncc2-c2ccc(C(N)=O)cc2)c1. The lowest BCUT2D eigenvalue weighted by molar-refractivity contribution is 0.100. The number of carbonyl (C=O) groups is 1. The zero-order chi connectivity index (χ0) is 22.7. The van der Waals surface area contributed by atoms with Crippen LogP contribution in [0.3, 0.4) is 0 Å². The third kappa shape index (κ3) is 4.57. The molecule has 1 aliphatic rings. The molecule has 1 atom stereocenters. The molecule has 1 amide bonds. The lowest BCUT2D eigenvalue weighted by Crippen LogP contribution is -2.25. The van der Waals surface area contributed by atoms with E-state index in [1.807, 2.05) is 49.5 Å². The second-order valence-electron chi connectivity index (χ2n) is 8.28.